The average Bonchev–Trinajstić information content (AvgIpc) is 2.83. The smallest absolute Gasteiger partial charge is 0.109 e. The normalized spacial score (nSPS) is 17.5. The molecular weight excluding hydrogens is 186 g/mol. The van der Waals surface area contributed by atoms with Gasteiger partial charge in [0.25, 0.3) is 0 Å². The Morgan fingerprint density at radius 3 is 2.80 bits per heavy atom. The molecule has 0 aromatic carbocycles. The van der Waals surface area contributed by atoms with Crippen LogP contribution < -0.4 is 5.32 Å². The minimum Gasteiger partial charge on any atom is -0.346 e. The Morgan fingerprint density at radius 1 is 1.40 bits per heavy atom. The highest BCUT2D eigenvalue weighted by molar-refractivity contribution is 5.16. The first-order chi connectivity index (χ1) is 7.31. The Balaban J connectivity index is 2.06. The maximum absolute atomic E-state index is 4.73. The predicted octanol–water partition coefficient (Wildman–Crippen LogP) is 2.14. The first-order valence-electron chi connectivity index (χ1n) is 6.01. The van der Waals surface area contributed by atoms with Crippen LogP contribution in [0.3, 0.4) is 0 Å². The summed E-state index contributed by atoms with van der Waals surface area (Å²) in [5, 5.41) is 3.17. The van der Waals surface area contributed by atoms with Crippen LogP contribution in [0.4, 0.5) is 0 Å². The fourth-order valence-corrected chi connectivity index (χ4v) is 2.40. The number of hydrogen-bond donors (Lipinski definition) is 2. The summed E-state index contributed by atoms with van der Waals surface area (Å²) in [5.74, 6) is 1.93. The summed E-state index contributed by atoms with van der Waals surface area (Å²) in [6.45, 7) is 3.15. The van der Waals surface area contributed by atoms with E-state index in [0.29, 0.717) is 5.92 Å². The van der Waals surface area contributed by atoms with E-state index < -0.39 is 0 Å². The Hall–Kier alpha value is -0.830. The van der Waals surface area contributed by atoms with Crippen molar-refractivity contribution in [3.05, 3.63) is 17.2 Å². The van der Waals surface area contributed by atoms with Crippen LogP contribution in [-0.2, 0) is 6.42 Å². The van der Waals surface area contributed by atoms with Crippen LogP contribution in [0.2, 0.25) is 0 Å². The lowest BCUT2D eigenvalue weighted by Crippen LogP contribution is -2.11. The summed E-state index contributed by atoms with van der Waals surface area (Å²) < 4.78 is 0. The van der Waals surface area contributed by atoms with Crippen LogP contribution in [-0.4, -0.2) is 23.6 Å². The average molecular weight is 207 g/mol. The third kappa shape index (κ3) is 2.40. The van der Waals surface area contributed by atoms with Gasteiger partial charge in [0.15, 0.2) is 0 Å². The second kappa shape index (κ2) is 4.79. The molecule has 0 saturated heterocycles. The number of hydrogen-bond acceptors (Lipinski definition) is 2. The number of aromatic nitrogens is 2. The van der Waals surface area contributed by atoms with E-state index in [4.69, 9.17) is 4.98 Å². The van der Waals surface area contributed by atoms with Gasteiger partial charge in [0, 0.05) is 24.6 Å². The highest BCUT2D eigenvalue weighted by Crippen LogP contribution is 2.32. The summed E-state index contributed by atoms with van der Waals surface area (Å²) in [7, 11) is 1.99. The molecule has 15 heavy (non-hydrogen) atoms. The molecule has 0 amide bonds. The van der Waals surface area contributed by atoms with E-state index in [1.807, 2.05) is 7.05 Å². The quantitative estimate of drug-likeness (QED) is 0.794. The van der Waals surface area contributed by atoms with Crippen LogP contribution in [0.5, 0.6) is 0 Å². The summed E-state index contributed by atoms with van der Waals surface area (Å²) in [5.41, 5.74) is 2.50. The van der Waals surface area contributed by atoms with Gasteiger partial charge < -0.3 is 10.3 Å². The Kier molecular flexibility index (Phi) is 3.41. The molecular formula is C12H21N3. The number of likely N-dealkylation sites (N-methyl/N-ethyl adjacent to an activating group) is 1. The van der Waals surface area contributed by atoms with E-state index in [2.05, 4.69) is 17.2 Å². The van der Waals surface area contributed by atoms with Crippen LogP contribution >= 0.6 is 0 Å². The Morgan fingerprint density at radius 2 is 2.13 bits per heavy atom. The topological polar surface area (TPSA) is 40.7 Å². The van der Waals surface area contributed by atoms with Crippen molar-refractivity contribution in [1.82, 2.24) is 15.3 Å². The van der Waals surface area contributed by atoms with E-state index >= 15 is 0 Å². The van der Waals surface area contributed by atoms with Gasteiger partial charge in [0.2, 0.25) is 0 Å². The molecule has 0 spiro atoms. The monoisotopic (exact) mass is 207 g/mol. The number of aryl methyl sites for hydroxylation is 1. The molecule has 1 aromatic heterocycles. The SMILES string of the molecule is CNCCc1nc(C2CCCC2)[nH]c1C. The zero-order chi connectivity index (χ0) is 10.7. The van der Waals surface area contributed by atoms with E-state index in [9.17, 15) is 0 Å². The lowest BCUT2D eigenvalue weighted by molar-refractivity contribution is 0.673. The number of H-pyrrole nitrogens is 1. The third-order valence-corrected chi connectivity index (χ3v) is 3.36. The zero-order valence-corrected chi connectivity index (χ0v) is 9.77. The van der Waals surface area contributed by atoms with Gasteiger partial charge in [-0.05, 0) is 26.8 Å². The number of imidazole rings is 1. The van der Waals surface area contributed by atoms with Gasteiger partial charge in [-0.2, -0.15) is 0 Å². The second-order valence-corrected chi connectivity index (χ2v) is 4.53. The molecule has 2 N–H and O–H groups in total. The molecule has 0 radical (unpaired) electrons. The molecule has 1 saturated carbocycles. The van der Waals surface area contributed by atoms with E-state index in [1.165, 1.54) is 42.9 Å². The van der Waals surface area contributed by atoms with Crippen molar-refractivity contribution in [2.45, 2.75) is 44.9 Å². The van der Waals surface area contributed by atoms with E-state index in [0.717, 1.165) is 13.0 Å². The summed E-state index contributed by atoms with van der Waals surface area (Å²) in [6, 6.07) is 0. The third-order valence-electron chi connectivity index (χ3n) is 3.36. The standard InChI is InChI=1S/C12H21N3/c1-9-11(7-8-13-2)15-12(14-9)10-5-3-4-6-10/h10,13H,3-8H2,1-2H3,(H,14,15). The van der Waals surface area contributed by atoms with Gasteiger partial charge in [0.1, 0.15) is 5.82 Å². The minimum atomic E-state index is 0.701. The molecule has 1 aliphatic carbocycles. The highest BCUT2D eigenvalue weighted by atomic mass is 14.9. The maximum Gasteiger partial charge on any atom is 0.109 e. The molecule has 1 aromatic rings. The molecule has 3 heteroatoms. The molecule has 0 bridgehead atoms. The number of aromatic amines is 1. The van der Waals surface area contributed by atoms with Gasteiger partial charge in [-0.1, -0.05) is 12.8 Å². The number of nitrogens with one attached hydrogen (secondary N) is 2. The van der Waals surface area contributed by atoms with E-state index in [1.54, 1.807) is 0 Å². The van der Waals surface area contributed by atoms with Crippen molar-refractivity contribution in [2.24, 2.45) is 0 Å². The first-order valence-corrected chi connectivity index (χ1v) is 6.01. The molecule has 0 atom stereocenters. The summed E-state index contributed by atoms with van der Waals surface area (Å²) >= 11 is 0. The maximum atomic E-state index is 4.73. The summed E-state index contributed by atoms with van der Waals surface area (Å²) in [4.78, 5) is 8.19. The van der Waals surface area contributed by atoms with Crippen molar-refractivity contribution < 1.29 is 0 Å². The fraction of sp³-hybridized carbons (Fsp3) is 0.750. The van der Waals surface area contributed by atoms with Gasteiger partial charge >= 0.3 is 0 Å². The molecule has 3 nitrogen and oxygen atoms in total. The second-order valence-electron chi connectivity index (χ2n) is 4.53. The first kappa shape index (κ1) is 10.7. The van der Waals surface area contributed by atoms with Crippen molar-refractivity contribution >= 4 is 0 Å². The zero-order valence-electron chi connectivity index (χ0n) is 9.77. The van der Waals surface area contributed by atoms with Crippen LogP contribution in [0.15, 0.2) is 0 Å². The molecule has 0 aliphatic heterocycles. The van der Waals surface area contributed by atoms with Gasteiger partial charge in [-0.3, -0.25) is 0 Å². The van der Waals surface area contributed by atoms with Crippen molar-refractivity contribution in [2.75, 3.05) is 13.6 Å². The molecule has 84 valence electrons. The van der Waals surface area contributed by atoms with Gasteiger partial charge in [-0.15, -0.1) is 0 Å². The lowest BCUT2D eigenvalue weighted by atomic mass is 10.1. The highest BCUT2D eigenvalue weighted by Gasteiger charge is 2.20. The van der Waals surface area contributed by atoms with Crippen LogP contribution in [0.1, 0.15) is 48.8 Å². The Bertz CT molecular complexity index is 311. The minimum absolute atomic E-state index is 0.701. The van der Waals surface area contributed by atoms with Crippen LogP contribution in [0, 0.1) is 6.92 Å². The van der Waals surface area contributed by atoms with Crippen molar-refractivity contribution in [1.29, 1.82) is 0 Å². The summed E-state index contributed by atoms with van der Waals surface area (Å²) in [6.07, 6.45) is 6.41. The molecule has 1 fully saturated rings. The van der Waals surface area contributed by atoms with E-state index in [-0.39, 0.29) is 0 Å². The largest absolute Gasteiger partial charge is 0.346 e. The molecule has 0 unspecified atom stereocenters. The molecule has 1 heterocycles. The molecule has 2 rings (SSSR count). The number of nitrogens with zero attached hydrogens (tertiary/aromatic N) is 1. The van der Waals surface area contributed by atoms with Crippen molar-refractivity contribution in [3.8, 4) is 0 Å². The Labute approximate surface area is 91.7 Å². The predicted molar refractivity (Wildman–Crippen MR) is 62.2 cm³/mol. The van der Waals surface area contributed by atoms with Gasteiger partial charge in [-0.25, -0.2) is 4.98 Å². The number of rotatable bonds is 4. The van der Waals surface area contributed by atoms with Crippen LogP contribution in [0.25, 0.3) is 0 Å². The molecule has 1 aliphatic rings. The van der Waals surface area contributed by atoms with Crippen molar-refractivity contribution in [3.63, 3.8) is 0 Å². The van der Waals surface area contributed by atoms with Gasteiger partial charge in [0.05, 0.1) is 5.69 Å². The lowest BCUT2D eigenvalue weighted by Gasteiger charge is -2.03. The fourth-order valence-electron chi connectivity index (χ4n) is 2.40.